The summed E-state index contributed by atoms with van der Waals surface area (Å²) in [6.07, 6.45) is 1.20. The molecule has 22 heavy (non-hydrogen) atoms. The zero-order chi connectivity index (χ0) is 15.3. The van der Waals surface area contributed by atoms with E-state index < -0.39 is 0 Å². The third-order valence-electron chi connectivity index (χ3n) is 4.99. The van der Waals surface area contributed by atoms with E-state index in [1.165, 1.54) is 6.42 Å². The summed E-state index contributed by atoms with van der Waals surface area (Å²) in [4.78, 5) is 18.3. The first-order valence-electron chi connectivity index (χ1n) is 7.71. The summed E-state index contributed by atoms with van der Waals surface area (Å²) < 4.78 is 1.81. The number of likely N-dealkylation sites (tertiary alicyclic amines) is 2. The number of rotatable bonds is 2. The number of hydrogen-bond donors (Lipinski definition) is 0. The standard InChI is InChI=1S/C16H20N4OS/c1-18-6-5-11-9-20(10-14(11)18)16(21)12-8-13(19(2)17-12)15-4-3-7-22-15/h3-4,7-8,11,14H,5-6,9-10H2,1-2H3/t11-,14+/m0/s1. The monoisotopic (exact) mass is 316 g/mol. The van der Waals surface area contributed by atoms with Crippen molar-refractivity contribution in [2.45, 2.75) is 12.5 Å². The van der Waals surface area contributed by atoms with Gasteiger partial charge in [-0.3, -0.25) is 9.48 Å². The lowest BCUT2D eigenvalue weighted by Gasteiger charge is -2.19. The van der Waals surface area contributed by atoms with Gasteiger partial charge in [-0.25, -0.2) is 0 Å². The first-order chi connectivity index (χ1) is 10.6. The van der Waals surface area contributed by atoms with Gasteiger partial charge in [0.25, 0.3) is 5.91 Å². The van der Waals surface area contributed by atoms with Crippen LogP contribution in [0.5, 0.6) is 0 Å². The molecule has 2 aliphatic rings. The first-order valence-corrected chi connectivity index (χ1v) is 8.59. The van der Waals surface area contributed by atoms with E-state index in [0.717, 1.165) is 30.2 Å². The molecule has 116 valence electrons. The van der Waals surface area contributed by atoms with Crippen LogP contribution in [0.25, 0.3) is 10.6 Å². The van der Waals surface area contributed by atoms with Gasteiger partial charge in [-0.15, -0.1) is 11.3 Å². The zero-order valence-electron chi connectivity index (χ0n) is 12.9. The second-order valence-electron chi connectivity index (χ2n) is 6.32. The molecular formula is C16H20N4OS. The lowest BCUT2D eigenvalue weighted by atomic mass is 10.1. The van der Waals surface area contributed by atoms with Gasteiger partial charge in [-0.05, 0) is 43.4 Å². The maximum Gasteiger partial charge on any atom is 0.274 e. The molecule has 1 amide bonds. The molecule has 6 heteroatoms. The fraction of sp³-hybridized carbons (Fsp3) is 0.500. The normalized spacial score (nSPS) is 24.9. The highest BCUT2D eigenvalue weighted by atomic mass is 32.1. The molecule has 2 aromatic rings. The summed E-state index contributed by atoms with van der Waals surface area (Å²) in [5.41, 5.74) is 1.57. The summed E-state index contributed by atoms with van der Waals surface area (Å²) in [6.45, 7) is 2.87. The molecule has 2 fully saturated rings. The van der Waals surface area contributed by atoms with Gasteiger partial charge in [0.05, 0.1) is 10.6 Å². The molecule has 0 aliphatic carbocycles. The minimum Gasteiger partial charge on any atom is -0.335 e. The molecule has 2 aliphatic heterocycles. The molecular weight excluding hydrogens is 296 g/mol. The molecule has 0 bridgehead atoms. The van der Waals surface area contributed by atoms with Crippen molar-refractivity contribution in [1.82, 2.24) is 19.6 Å². The van der Waals surface area contributed by atoms with Crippen LogP contribution in [0.1, 0.15) is 16.9 Å². The third-order valence-corrected chi connectivity index (χ3v) is 5.88. The van der Waals surface area contributed by atoms with Gasteiger partial charge in [-0.2, -0.15) is 5.10 Å². The average Bonchev–Trinajstić information content (AvgIpc) is 3.24. The van der Waals surface area contributed by atoms with Crippen LogP contribution >= 0.6 is 11.3 Å². The molecule has 0 spiro atoms. The Morgan fingerprint density at radius 1 is 1.36 bits per heavy atom. The third kappa shape index (κ3) is 2.18. The van der Waals surface area contributed by atoms with Crippen molar-refractivity contribution in [3.63, 3.8) is 0 Å². The second kappa shape index (κ2) is 5.21. The van der Waals surface area contributed by atoms with Gasteiger partial charge in [-0.1, -0.05) is 6.07 Å². The van der Waals surface area contributed by atoms with Crippen LogP contribution in [0.2, 0.25) is 0 Å². The minimum atomic E-state index is 0.0706. The Morgan fingerprint density at radius 2 is 2.23 bits per heavy atom. The quantitative estimate of drug-likeness (QED) is 0.850. The molecule has 0 saturated carbocycles. The number of aryl methyl sites for hydroxylation is 1. The topological polar surface area (TPSA) is 41.4 Å². The summed E-state index contributed by atoms with van der Waals surface area (Å²) in [7, 11) is 4.06. The Kier molecular flexibility index (Phi) is 3.31. The van der Waals surface area contributed by atoms with Crippen LogP contribution in [0.4, 0.5) is 0 Å². The van der Waals surface area contributed by atoms with E-state index in [2.05, 4.69) is 23.1 Å². The highest BCUT2D eigenvalue weighted by Crippen LogP contribution is 2.31. The van der Waals surface area contributed by atoms with Crippen LogP contribution in [0, 0.1) is 5.92 Å². The van der Waals surface area contributed by atoms with Crippen molar-refractivity contribution in [2.24, 2.45) is 13.0 Å². The Labute approximate surface area is 134 Å². The first kappa shape index (κ1) is 14.0. The number of thiophene rings is 1. The van der Waals surface area contributed by atoms with E-state index in [1.807, 2.05) is 34.1 Å². The second-order valence-corrected chi connectivity index (χ2v) is 7.27. The Hall–Kier alpha value is -1.66. The molecule has 4 heterocycles. The van der Waals surface area contributed by atoms with Crippen LogP contribution in [-0.2, 0) is 7.05 Å². The number of fused-ring (bicyclic) bond motifs is 1. The number of amides is 1. The Bertz CT molecular complexity index is 693. The molecule has 2 saturated heterocycles. The lowest BCUT2D eigenvalue weighted by Crippen LogP contribution is -2.35. The van der Waals surface area contributed by atoms with Gasteiger partial charge >= 0.3 is 0 Å². The van der Waals surface area contributed by atoms with Crippen molar-refractivity contribution in [3.8, 4) is 10.6 Å². The zero-order valence-corrected chi connectivity index (χ0v) is 13.7. The Morgan fingerprint density at radius 3 is 2.95 bits per heavy atom. The van der Waals surface area contributed by atoms with Crippen molar-refractivity contribution in [3.05, 3.63) is 29.3 Å². The lowest BCUT2D eigenvalue weighted by molar-refractivity contribution is 0.0768. The number of carbonyl (C=O) groups excluding carboxylic acids is 1. The molecule has 5 nitrogen and oxygen atoms in total. The van der Waals surface area contributed by atoms with Gasteiger partial charge in [0.15, 0.2) is 5.69 Å². The number of aromatic nitrogens is 2. The predicted octanol–water partition coefficient (Wildman–Crippen LogP) is 1.92. The van der Waals surface area contributed by atoms with Gasteiger partial charge < -0.3 is 9.80 Å². The molecule has 4 rings (SSSR count). The number of likely N-dealkylation sites (N-methyl/N-ethyl adjacent to an activating group) is 1. The van der Waals surface area contributed by atoms with E-state index >= 15 is 0 Å². The number of nitrogens with zero attached hydrogens (tertiary/aromatic N) is 4. The van der Waals surface area contributed by atoms with Crippen LogP contribution < -0.4 is 0 Å². The highest BCUT2D eigenvalue weighted by Gasteiger charge is 2.41. The van der Waals surface area contributed by atoms with Crippen LogP contribution in [0.15, 0.2) is 23.6 Å². The minimum absolute atomic E-state index is 0.0706. The molecule has 0 radical (unpaired) electrons. The van der Waals surface area contributed by atoms with Crippen molar-refractivity contribution in [2.75, 3.05) is 26.7 Å². The smallest absolute Gasteiger partial charge is 0.274 e. The summed E-state index contributed by atoms with van der Waals surface area (Å²) >= 11 is 1.67. The van der Waals surface area contributed by atoms with E-state index in [0.29, 0.717) is 17.7 Å². The fourth-order valence-electron chi connectivity index (χ4n) is 3.73. The van der Waals surface area contributed by atoms with Crippen LogP contribution in [0.3, 0.4) is 0 Å². The van der Waals surface area contributed by atoms with Crippen molar-refractivity contribution in [1.29, 1.82) is 0 Å². The SMILES string of the molecule is CN1CC[C@H]2CN(C(=O)c3cc(-c4cccs4)n(C)n3)C[C@H]21. The Balaban J connectivity index is 1.56. The highest BCUT2D eigenvalue weighted by molar-refractivity contribution is 7.13. The van der Waals surface area contributed by atoms with Gasteiger partial charge in [0.1, 0.15) is 0 Å². The molecule has 2 aromatic heterocycles. The average molecular weight is 316 g/mol. The van der Waals surface area contributed by atoms with E-state index in [4.69, 9.17) is 0 Å². The summed E-state index contributed by atoms with van der Waals surface area (Å²) in [6, 6.07) is 6.53. The largest absolute Gasteiger partial charge is 0.335 e. The molecule has 0 unspecified atom stereocenters. The fourth-order valence-corrected chi connectivity index (χ4v) is 4.50. The number of carbonyl (C=O) groups is 1. The molecule has 0 N–H and O–H groups in total. The summed E-state index contributed by atoms with van der Waals surface area (Å²) in [5, 5.41) is 6.49. The maximum atomic E-state index is 12.8. The van der Waals surface area contributed by atoms with Gasteiger partial charge in [0, 0.05) is 26.2 Å². The van der Waals surface area contributed by atoms with Crippen molar-refractivity contribution < 1.29 is 4.79 Å². The van der Waals surface area contributed by atoms with E-state index in [1.54, 1.807) is 11.3 Å². The molecule has 2 atom stereocenters. The van der Waals surface area contributed by atoms with Crippen LogP contribution in [-0.4, -0.2) is 58.2 Å². The summed E-state index contributed by atoms with van der Waals surface area (Å²) in [5.74, 6) is 0.704. The maximum absolute atomic E-state index is 12.8. The van der Waals surface area contributed by atoms with Crippen molar-refractivity contribution >= 4 is 17.2 Å². The number of hydrogen-bond acceptors (Lipinski definition) is 4. The predicted molar refractivity (Wildman–Crippen MR) is 86.9 cm³/mol. The van der Waals surface area contributed by atoms with E-state index in [-0.39, 0.29) is 5.91 Å². The van der Waals surface area contributed by atoms with Gasteiger partial charge in [0.2, 0.25) is 0 Å². The van der Waals surface area contributed by atoms with E-state index in [9.17, 15) is 4.79 Å². The molecule has 0 aromatic carbocycles.